The maximum atomic E-state index is 4.63. The standard InChI is InChI=1S/C32H64N8.C28H44N12.C24H36N12/c1-5-13-33-29(9-1)25-37-17-19-38(26-30-10-2-6-14-34-30)21-23-40(28-32-12-4-8-16-36-32)24-22-39(20-18-37)27-31-11-3-7-15-35-31;1-33-9-5-29-25(33)21-37-13-15-38(22-26-30-6-10-34(26)2)17-19-40(24-28-32-8-12-36(28)4)20-18-39(16-14-37)23-27-31-7-11-35(27)3;1-5-25-33(9-1)21-29-13-15-30(22-34-10-2-6-26-34)17-19-32(24-36-12-4-8-28-36)20-18-31(16-14-29)23-35-11-3-7-27-35/h29-36H,1-28H2;5-12H,13-24H2,1-4H3;1-12H,13-24H2. The molecule has 0 amide bonds. The van der Waals surface area contributed by atoms with Crippen molar-refractivity contribution in [3.63, 3.8) is 0 Å². The highest BCUT2D eigenvalue weighted by molar-refractivity contribution is 4.98. The molecule has 116 heavy (non-hydrogen) atoms. The lowest BCUT2D eigenvalue weighted by atomic mass is 10.0. The third-order valence-corrected chi connectivity index (χ3v) is 25.1. The van der Waals surface area contributed by atoms with Gasteiger partial charge in [-0.3, -0.25) is 77.5 Å². The van der Waals surface area contributed by atoms with Gasteiger partial charge in [0.05, 0.1) is 52.9 Å². The Morgan fingerprint density at radius 3 is 0.603 bits per heavy atom. The van der Waals surface area contributed by atoms with E-state index in [-0.39, 0.29) is 0 Å². The summed E-state index contributed by atoms with van der Waals surface area (Å²) in [6.45, 7) is 41.3. The van der Waals surface area contributed by atoms with Crippen molar-refractivity contribution in [3.8, 4) is 0 Å². The molecule has 7 aliphatic rings. The van der Waals surface area contributed by atoms with Crippen LogP contribution in [0.2, 0.25) is 0 Å². The average Bonchev–Trinajstić information content (AvgIpc) is 1.67. The van der Waals surface area contributed by atoms with E-state index in [4.69, 9.17) is 0 Å². The van der Waals surface area contributed by atoms with Gasteiger partial charge in [0.1, 0.15) is 23.3 Å². The Hall–Kier alpha value is -6.96. The van der Waals surface area contributed by atoms with E-state index in [1.165, 1.54) is 182 Å². The van der Waals surface area contributed by atoms with E-state index in [1.807, 2.05) is 142 Å². The zero-order chi connectivity index (χ0) is 79.6. The number of hydrogen-bond donors (Lipinski definition) is 4. The van der Waals surface area contributed by atoms with Crippen LogP contribution in [0.3, 0.4) is 0 Å². The normalized spacial score (nSPS) is 23.6. The Bertz CT molecular complexity index is 3270. The first-order chi connectivity index (χ1) is 57.0. The average molecular weight is 1600 g/mol. The van der Waals surface area contributed by atoms with E-state index in [2.05, 4.69) is 167 Å². The molecule has 0 saturated carbocycles. The van der Waals surface area contributed by atoms with Gasteiger partial charge in [0.2, 0.25) is 0 Å². The molecule has 8 aromatic rings. The fraction of sp³-hybridized carbons (Fsp3) is 0.714. The second-order valence-electron chi connectivity index (χ2n) is 33.9. The molecule has 0 aromatic carbocycles. The van der Waals surface area contributed by atoms with Crippen LogP contribution in [-0.2, 0) is 81.0 Å². The highest BCUT2D eigenvalue weighted by atomic mass is 15.4. The van der Waals surface area contributed by atoms with E-state index < -0.39 is 0 Å². The van der Waals surface area contributed by atoms with Crippen LogP contribution in [0, 0.1) is 0 Å². The van der Waals surface area contributed by atoms with Crippen molar-refractivity contribution >= 4 is 0 Å². The lowest BCUT2D eigenvalue weighted by Gasteiger charge is -2.39. The number of nitrogens with one attached hydrogen (secondary N) is 4. The predicted octanol–water partition coefficient (Wildman–Crippen LogP) is 3.34. The second kappa shape index (κ2) is 47.7. The van der Waals surface area contributed by atoms with Gasteiger partial charge in [-0.25, -0.2) is 19.9 Å². The Kier molecular flexibility index (Phi) is 35.7. The van der Waals surface area contributed by atoms with E-state index >= 15 is 0 Å². The maximum Gasteiger partial charge on any atom is 0.122 e. The smallest absolute Gasteiger partial charge is 0.122 e. The number of hydrogen-bond acceptors (Lipinski definition) is 24. The van der Waals surface area contributed by atoms with Crippen molar-refractivity contribution in [2.45, 2.75) is 154 Å². The van der Waals surface area contributed by atoms with Crippen molar-refractivity contribution in [1.82, 2.24) is 157 Å². The van der Waals surface area contributed by atoms with Crippen LogP contribution in [-0.4, -0.2) is 370 Å². The molecule has 4 N–H and O–H groups in total. The summed E-state index contributed by atoms with van der Waals surface area (Å²) >= 11 is 0. The van der Waals surface area contributed by atoms with Crippen LogP contribution in [0.25, 0.3) is 0 Å². The molecule has 15 rings (SSSR count). The van der Waals surface area contributed by atoms with Gasteiger partial charge >= 0.3 is 0 Å². The molecule has 15 heterocycles. The quantitative estimate of drug-likeness (QED) is 0.0680. The summed E-state index contributed by atoms with van der Waals surface area (Å²) in [4.78, 5) is 50.0. The highest BCUT2D eigenvalue weighted by Crippen LogP contribution is 2.18. The van der Waals surface area contributed by atoms with Crippen LogP contribution in [0.4, 0.5) is 0 Å². The Morgan fingerprint density at radius 2 is 0.440 bits per heavy atom. The highest BCUT2D eigenvalue weighted by Gasteiger charge is 2.28. The third kappa shape index (κ3) is 29.8. The van der Waals surface area contributed by atoms with Crippen LogP contribution in [0.5, 0.6) is 0 Å². The van der Waals surface area contributed by atoms with Crippen molar-refractivity contribution in [3.05, 3.63) is 147 Å². The van der Waals surface area contributed by atoms with E-state index in [0.717, 1.165) is 181 Å². The second-order valence-corrected chi connectivity index (χ2v) is 33.9. The zero-order valence-corrected chi connectivity index (χ0v) is 71.1. The zero-order valence-electron chi connectivity index (χ0n) is 71.1. The van der Waals surface area contributed by atoms with Gasteiger partial charge in [0.15, 0.2) is 0 Å². The van der Waals surface area contributed by atoms with E-state index in [0.29, 0.717) is 24.2 Å². The Labute approximate surface area is 692 Å². The minimum Gasteiger partial charge on any atom is -0.337 e. The molecule has 0 bridgehead atoms. The van der Waals surface area contributed by atoms with Crippen molar-refractivity contribution < 1.29 is 0 Å². The first-order valence-corrected chi connectivity index (χ1v) is 44.4. The molecule has 0 aliphatic carbocycles. The summed E-state index contributed by atoms with van der Waals surface area (Å²) in [5.74, 6) is 4.39. The number of nitrogens with zero attached hydrogens (tertiary/aromatic N) is 28. The molecular weight excluding hydrogens is 1460 g/mol. The molecule has 7 fully saturated rings. The topological polar surface area (TPSA) is 230 Å². The molecule has 7 saturated heterocycles. The SMILES string of the molecule is C1CCC(CN2CCN(CC3CCCCN3)CCN(CC3CCCCN3)CCN(CC3CCCCN3)CC2)NC1.Cn1ccnc1CN1CCN(Cc2nccn2C)CCN(Cc2nccn2C)CCN(Cc2nccn2C)CC1.c1cnn(CN2CCN(Cn3cccn3)CCN(Cn3cccn3)CCN(Cn3cccn3)CC2)c1. The first-order valence-electron chi connectivity index (χ1n) is 44.4. The summed E-state index contributed by atoms with van der Waals surface area (Å²) in [6.07, 6.45) is 47.6. The summed E-state index contributed by atoms with van der Waals surface area (Å²) < 4.78 is 16.5. The lowest BCUT2D eigenvalue weighted by Crippen LogP contribution is -2.54. The number of aryl methyl sites for hydroxylation is 4. The molecule has 32 heteroatoms. The molecular formula is C84H144N32. The summed E-state index contributed by atoms with van der Waals surface area (Å²) in [6, 6.07) is 10.7. The van der Waals surface area contributed by atoms with Gasteiger partial charge in [0.25, 0.3) is 0 Å². The molecule has 4 atom stereocenters. The fourth-order valence-electron chi connectivity index (χ4n) is 17.6. The molecule has 640 valence electrons. The summed E-state index contributed by atoms with van der Waals surface area (Å²) in [5.41, 5.74) is 0. The monoisotopic (exact) mass is 1600 g/mol. The van der Waals surface area contributed by atoms with Gasteiger partial charge in [-0.1, -0.05) is 25.7 Å². The third-order valence-electron chi connectivity index (χ3n) is 25.1. The van der Waals surface area contributed by atoms with Crippen LogP contribution in [0.1, 0.15) is 100 Å². The van der Waals surface area contributed by atoms with Gasteiger partial charge in [-0.05, 0) is 102 Å². The molecule has 0 spiro atoms. The molecule has 8 aromatic heterocycles. The van der Waals surface area contributed by atoms with Gasteiger partial charge in [0, 0.05) is 335 Å². The summed E-state index contributed by atoms with van der Waals surface area (Å²) in [7, 11) is 8.32. The van der Waals surface area contributed by atoms with Crippen LogP contribution in [0.15, 0.2) is 123 Å². The Balaban J connectivity index is 0.000000152. The van der Waals surface area contributed by atoms with Gasteiger partial charge in [-0.2, -0.15) is 20.4 Å². The molecule has 32 nitrogen and oxygen atoms in total. The van der Waals surface area contributed by atoms with Crippen molar-refractivity contribution in [1.29, 1.82) is 0 Å². The number of rotatable bonds is 24. The van der Waals surface area contributed by atoms with Gasteiger partial charge in [-0.15, -0.1) is 0 Å². The predicted molar refractivity (Wildman–Crippen MR) is 457 cm³/mol. The van der Waals surface area contributed by atoms with Crippen LogP contribution < -0.4 is 21.3 Å². The van der Waals surface area contributed by atoms with Crippen molar-refractivity contribution in [2.24, 2.45) is 28.2 Å². The molecule has 4 unspecified atom stereocenters. The van der Waals surface area contributed by atoms with E-state index in [1.54, 1.807) is 0 Å². The number of imidazole rings is 4. The minimum atomic E-state index is 0.682. The summed E-state index contributed by atoms with van der Waals surface area (Å²) in [5, 5.41) is 33.2. The van der Waals surface area contributed by atoms with E-state index in [9.17, 15) is 0 Å². The molecule has 0 radical (unpaired) electrons. The van der Waals surface area contributed by atoms with Gasteiger partial charge < -0.3 is 39.5 Å². The maximum absolute atomic E-state index is 4.63. The van der Waals surface area contributed by atoms with Crippen molar-refractivity contribution in [2.75, 3.05) is 209 Å². The largest absolute Gasteiger partial charge is 0.337 e. The lowest BCUT2D eigenvalue weighted by molar-refractivity contribution is 0.0805. The minimum absolute atomic E-state index is 0.682. The fourth-order valence-corrected chi connectivity index (χ4v) is 17.6. The Morgan fingerprint density at radius 1 is 0.241 bits per heavy atom. The number of piperidine rings is 4. The molecule has 7 aliphatic heterocycles. The van der Waals surface area contributed by atoms with Crippen LogP contribution >= 0.6 is 0 Å². The number of aromatic nitrogens is 16. The first kappa shape index (κ1) is 86.9.